The predicted molar refractivity (Wildman–Crippen MR) is 113 cm³/mol. The predicted octanol–water partition coefficient (Wildman–Crippen LogP) is 4.94. The fourth-order valence-corrected chi connectivity index (χ4v) is 3.02. The van der Waals surface area contributed by atoms with Crippen LogP contribution in [0.5, 0.6) is 11.5 Å². The van der Waals surface area contributed by atoms with Crippen LogP contribution in [0.3, 0.4) is 0 Å². The molecule has 0 unspecified atom stereocenters. The molecule has 0 atom stereocenters. The smallest absolute Gasteiger partial charge is 0.272 e. The summed E-state index contributed by atoms with van der Waals surface area (Å²) in [6, 6.07) is 18.3. The van der Waals surface area contributed by atoms with Crippen molar-refractivity contribution in [1.82, 2.24) is 5.43 Å². The summed E-state index contributed by atoms with van der Waals surface area (Å²) >= 11 is 3.34. The van der Waals surface area contributed by atoms with E-state index >= 15 is 0 Å². The van der Waals surface area contributed by atoms with E-state index in [1.54, 1.807) is 43.5 Å². The minimum absolute atomic E-state index is 0.236. The second-order valence-electron chi connectivity index (χ2n) is 5.99. The number of halogens is 2. The van der Waals surface area contributed by atoms with Crippen LogP contribution in [0.4, 0.5) is 4.39 Å². The maximum Gasteiger partial charge on any atom is 0.272 e. The normalized spacial score (nSPS) is 10.7. The molecule has 0 aromatic heterocycles. The van der Waals surface area contributed by atoms with Crippen molar-refractivity contribution < 1.29 is 18.7 Å². The molecule has 0 fully saturated rings. The number of nitrogens with zero attached hydrogens (tertiary/aromatic N) is 1. The molecule has 0 saturated heterocycles. The molecule has 1 amide bonds. The topological polar surface area (TPSA) is 59.9 Å². The number of hydrogen-bond donors (Lipinski definition) is 1. The lowest BCUT2D eigenvalue weighted by Gasteiger charge is -2.11. The zero-order valence-electron chi connectivity index (χ0n) is 15.6. The molecule has 148 valence electrons. The van der Waals surface area contributed by atoms with E-state index in [1.165, 1.54) is 18.3 Å². The SMILES string of the molecule is COc1ccc(C=NNC(=O)c2ccccc2Br)cc1COc1ccc(F)cc1. The Labute approximate surface area is 176 Å². The number of ether oxygens (including phenoxy) is 2. The highest BCUT2D eigenvalue weighted by Gasteiger charge is 2.08. The summed E-state index contributed by atoms with van der Waals surface area (Å²) in [7, 11) is 1.57. The summed E-state index contributed by atoms with van der Waals surface area (Å²) in [6.07, 6.45) is 1.54. The summed E-state index contributed by atoms with van der Waals surface area (Å²) in [5.74, 6) is 0.564. The fourth-order valence-electron chi connectivity index (χ4n) is 2.55. The molecule has 0 radical (unpaired) electrons. The molecule has 0 spiro atoms. The van der Waals surface area contributed by atoms with Crippen molar-refractivity contribution in [3.8, 4) is 11.5 Å². The van der Waals surface area contributed by atoms with Gasteiger partial charge in [0.2, 0.25) is 0 Å². The molecule has 0 aliphatic heterocycles. The molecule has 0 heterocycles. The average molecular weight is 457 g/mol. The molecule has 1 N–H and O–H groups in total. The van der Waals surface area contributed by atoms with Gasteiger partial charge in [-0.2, -0.15) is 5.10 Å². The van der Waals surface area contributed by atoms with Gasteiger partial charge in [-0.1, -0.05) is 12.1 Å². The second-order valence-corrected chi connectivity index (χ2v) is 6.85. The van der Waals surface area contributed by atoms with Crippen LogP contribution in [-0.2, 0) is 6.61 Å². The Morgan fingerprint density at radius 2 is 1.90 bits per heavy atom. The van der Waals surface area contributed by atoms with Gasteiger partial charge >= 0.3 is 0 Å². The maximum absolute atomic E-state index is 13.0. The van der Waals surface area contributed by atoms with Gasteiger partial charge in [-0.25, -0.2) is 9.82 Å². The third-order valence-corrected chi connectivity index (χ3v) is 4.70. The Morgan fingerprint density at radius 1 is 1.14 bits per heavy atom. The lowest BCUT2D eigenvalue weighted by Crippen LogP contribution is -2.18. The Bertz CT molecular complexity index is 1020. The van der Waals surface area contributed by atoms with Crippen LogP contribution in [0.25, 0.3) is 0 Å². The molecule has 0 bridgehead atoms. The molecule has 29 heavy (non-hydrogen) atoms. The van der Waals surface area contributed by atoms with Gasteiger partial charge in [-0.05, 0) is 76.1 Å². The van der Waals surface area contributed by atoms with E-state index < -0.39 is 0 Å². The van der Waals surface area contributed by atoms with Crippen molar-refractivity contribution in [3.63, 3.8) is 0 Å². The van der Waals surface area contributed by atoms with Gasteiger partial charge in [0.15, 0.2) is 0 Å². The Kier molecular flexibility index (Phi) is 6.97. The number of benzene rings is 3. The average Bonchev–Trinajstić information content (AvgIpc) is 2.73. The summed E-state index contributed by atoms with van der Waals surface area (Å²) in [5.41, 5.74) is 4.55. The van der Waals surface area contributed by atoms with Crippen molar-refractivity contribution in [2.75, 3.05) is 7.11 Å². The van der Waals surface area contributed by atoms with Crippen molar-refractivity contribution in [3.05, 3.63) is 93.7 Å². The van der Waals surface area contributed by atoms with E-state index in [0.717, 1.165) is 11.1 Å². The Morgan fingerprint density at radius 3 is 2.62 bits per heavy atom. The fraction of sp³-hybridized carbons (Fsp3) is 0.0909. The highest BCUT2D eigenvalue weighted by molar-refractivity contribution is 9.10. The number of rotatable bonds is 7. The number of carbonyl (C=O) groups excluding carboxylic acids is 1. The van der Waals surface area contributed by atoms with Crippen molar-refractivity contribution in [2.45, 2.75) is 6.61 Å². The van der Waals surface area contributed by atoms with Crippen LogP contribution in [-0.4, -0.2) is 19.2 Å². The number of nitrogens with one attached hydrogen (secondary N) is 1. The van der Waals surface area contributed by atoms with Gasteiger partial charge in [0, 0.05) is 10.0 Å². The van der Waals surface area contributed by atoms with Gasteiger partial charge < -0.3 is 9.47 Å². The third-order valence-electron chi connectivity index (χ3n) is 4.01. The first-order chi connectivity index (χ1) is 14.1. The van der Waals surface area contributed by atoms with Crippen molar-refractivity contribution in [2.24, 2.45) is 5.10 Å². The quantitative estimate of drug-likeness (QED) is 0.404. The first-order valence-electron chi connectivity index (χ1n) is 8.70. The molecule has 0 aliphatic rings. The Hall–Kier alpha value is -3.19. The number of hydrogen-bond acceptors (Lipinski definition) is 4. The second kappa shape index (κ2) is 9.84. The first kappa shape index (κ1) is 20.5. The van der Waals surface area contributed by atoms with Gasteiger partial charge in [-0.3, -0.25) is 4.79 Å². The summed E-state index contributed by atoms with van der Waals surface area (Å²) in [5, 5.41) is 4.01. The van der Waals surface area contributed by atoms with Crippen LogP contribution < -0.4 is 14.9 Å². The van der Waals surface area contributed by atoms with Crippen LogP contribution >= 0.6 is 15.9 Å². The van der Waals surface area contributed by atoms with E-state index in [1.807, 2.05) is 18.2 Å². The number of carbonyl (C=O) groups is 1. The number of methoxy groups -OCH3 is 1. The zero-order valence-corrected chi connectivity index (χ0v) is 17.1. The van der Waals surface area contributed by atoms with Gasteiger partial charge in [0.05, 0.1) is 18.9 Å². The number of hydrazone groups is 1. The minimum Gasteiger partial charge on any atom is -0.496 e. The molecule has 3 rings (SSSR count). The van der Waals surface area contributed by atoms with E-state index in [2.05, 4.69) is 26.5 Å². The zero-order chi connectivity index (χ0) is 20.6. The van der Waals surface area contributed by atoms with E-state index in [4.69, 9.17) is 9.47 Å². The maximum atomic E-state index is 13.0. The van der Waals surface area contributed by atoms with E-state index in [-0.39, 0.29) is 18.3 Å². The highest BCUT2D eigenvalue weighted by Crippen LogP contribution is 2.22. The monoisotopic (exact) mass is 456 g/mol. The van der Waals surface area contributed by atoms with Gasteiger partial charge in [0.1, 0.15) is 23.9 Å². The number of amides is 1. The molecular formula is C22H18BrFN2O3. The Balaban J connectivity index is 1.67. The molecule has 5 nitrogen and oxygen atoms in total. The van der Waals surface area contributed by atoms with Crippen LogP contribution in [0.2, 0.25) is 0 Å². The van der Waals surface area contributed by atoms with Crippen LogP contribution in [0.15, 0.2) is 76.3 Å². The molecule has 3 aromatic carbocycles. The standard InChI is InChI=1S/C22H18BrFN2O3/c1-28-21-11-6-15(12-16(21)14-29-18-9-7-17(24)8-10-18)13-25-26-22(27)19-4-2-3-5-20(19)23/h2-13H,14H2,1H3,(H,26,27). The summed E-state index contributed by atoms with van der Waals surface area (Å²) in [4.78, 5) is 12.2. The molecule has 0 saturated carbocycles. The first-order valence-corrected chi connectivity index (χ1v) is 9.49. The third kappa shape index (κ3) is 5.65. The minimum atomic E-state index is -0.322. The highest BCUT2D eigenvalue weighted by atomic mass is 79.9. The van der Waals surface area contributed by atoms with E-state index in [0.29, 0.717) is 21.5 Å². The van der Waals surface area contributed by atoms with Crippen molar-refractivity contribution in [1.29, 1.82) is 0 Å². The lowest BCUT2D eigenvalue weighted by molar-refractivity contribution is 0.0954. The summed E-state index contributed by atoms with van der Waals surface area (Å²) in [6.45, 7) is 0.236. The largest absolute Gasteiger partial charge is 0.496 e. The molecular weight excluding hydrogens is 439 g/mol. The van der Waals surface area contributed by atoms with Crippen molar-refractivity contribution >= 4 is 28.1 Å². The molecule has 0 aliphatic carbocycles. The van der Waals surface area contributed by atoms with Gasteiger partial charge in [-0.15, -0.1) is 0 Å². The van der Waals surface area contributed by atoms with Crippen LogP contribution in [0, 0.1) is 5.82 Å². The molecule has 3 aromatic rings. The van der Waals surface area contributed by atoms with E-state index in [9.17, 15) is 9.18 Å². The molecule has 7 heteroatoms. The van der Waals surface area contributed by atoms with Gasteiger partial charge in [0.25, 0.3) is 5.91 Å². The van der Waals surface area contributed by atoms with Crippen LogP contribution in [0.1, 0.15) is 21.5 Å². The lowest BCUT2D eigenvalue weighted by atomic mass is 10.1. The summed E-state index contributed by atoms with van der Waals surface area (Å²) < 4.78 is 24.8.